The van der Waals surface area contributed by atoms with Gasteiger partial charge in [0.1, 0.15) is 0 Å². The molecule has 122 valence electrons. The van der Waals surface area contributed by atoms with Crippen LogP contribution in [0.15, 0.2) is 60.7 Å². The molecule has 0 fully saturated rings. The molecule has 3 rings (SSSR count). The number of anilines is 1. The van der Waals surface area contributed by atoms with Gasteiger partial charge in [-0.1, -0.05) is 48.5 Å². The van der Waals surface area contributed by atoms with E-state index in [9.17, 15) is 9.90 Å². The first-order valence-electron chi connectivity index (χ1n) is 7.86. The fourth-order valence-electron chi connectivity index (χ4n) is 2.77. The highest BCUT2D eigenvalue weighted by atomic mass is 32.1. The van der Waals surface area contributed by atoms with Gasteiger partial charge in [0.15, 0.2) is 0 Å². The lowest BCUT2D eigenvalue weighted by molar-refractivity contribution is 0.0695. The largest absolute Gasteiger partial charge is 0.478 e. The summed E-state index contributed by atoms with van der Waals surface area (Å²) in [6.07, 6.45) is 1.53. The van der Waals surface area contributed by atoms with Crippen LogP contribution in [0.3, 0.4) is 0 Å². The third kappa shape index (κ3) is 3.49. The van der Waals surface area contributed by atoms with Gasteiger partial charge in [0.05, 0.1) is 5.56 Å². The van der Waals surface area contributed by atoms with Gasteiger partial charge in [0.25, 0.3) is 0 Å². The fraction of sp³-hybridized carbons (Fsp3) is 0.150. The molecule has 2 N–H and O–H groups in total. The summed E-state index contributed by atoms with van der Waals surface area (Å²) >= 11 is 1.76. The zero-order valence-corrected chi connectivity index (χ0v) is 14.3. The number of carboxylic acids is 1. The number of aryl methyl sites for hydroxylation is 2. The molecule has 1 heterocycles. The Morgan fingerprint density at radius 3 is 2.46 bits per heavy atom. The summed E-state index contributed by atoms with van der Waals surface area (Å²) in [7, 11) is 1.92. The Labute approximate surface area is 145 Å². The number of carbonyl (C=O) groups is 1. The van der Waals surface area contributed by atoms with E-state index in [-0.39, 0.29) is 0 Å². The lowest BCUT2D eigenvalue weighted by Crippen LogP contribution is -2.03. The molecule has 0 aliphatic heterocycles. The Morgan fingerprint density at radius 1 is 1.04 bits per heavy atom. The smallest absolute Gasteiger partial charge is 0.335 e. The molecule has 0 aliphatic carbocycles. The summed E-state index contributed by atoms with van der Waals surface area (Å²) in [5.41, 5.74) is 3.59. The maximum absolute atomic E-state index is 11.3. The van der Waals surface area contributed by atoms with Crippen molar-refractivity contribution < 1.29 is 9.90 Å². The van der Waals surface area contributed by atoms with Crippen LogP contribution in [-0.2, 0) is 12.8 Å². The lowest BCUT2D eigenvalue weighted by Gasteiger charge is -2.06. The van der Waals surface area contributed by atoms with Crippen molar-refractivity contribution in [1.82, 2.24) is 0 Å². The predicted molar refractivity (Wildman–Crippen MR) is 100 cm³/mol. The van der Waals surface area contributed by atoms with E-state index < -0.39 is 5.97 Å². The molecule has 0 spiro atoms. The molecular weight excluding hydrogens is 318 g/mol. The SMILES string of the molecule is CNc1cc(-c2ccccc2)sc1CCc1ccccc1C(=O)O. The van der Waals surface area contributed by atoms with Gasteiger partial charge >= 0.3 is 5.97 Å². The molecule has 24 heavy (non-hydrogen) atoms. The molecule has 0 amide bonds. The number of rotatable bonds is 6. The summed E-state index contributed by atoms with van der Waals surface area (Å²) in [5.74, 6) is -0.865. The Hall–Kier alpha value is -2.59. The zero-order valence-electron chi connectivity index (χ0n) is 13.5. The Balaban J connectivity index is 1.83. The second kappa shape index (κ2) is 7.32. The maximum Gasteiger partial charge on any atom is 0.335 e. The average Bonchev–Trinajstić information content (AvgIpc) is 3.04. The van der Waals surface area contributed by atoms with Crippen LogP contribution in [0.5, 0.6) is 0 Å². The van der Waals surface area contributed by atoms with E-state index in [0.717, 1.165) is 17.7 Å². The average molecular weight is 337 g/mol. The molecular formula is C20H19NO2S. The molecule has 2 aromatic carbocycles. The minimum atomic E-state index is -0.865. The van der Waals surface area contributed by atoms with Gasteiger partial charge in [-0.05, 0) is 36.1 Å². The summed E-state index contributed by atoms with van der Waals surface area (Å²) < 4.78 is 0. The van der Waals surface area contributed by atoms with E-state index in [1.165, 1.54) is 15.3 Å². The van der Waals surface area contributed by atoms with Crippen LogP contribution < -0.4 is 5.32 Å². The predicted octanol–water partition coefficient (Wildman–Crippen LogP) is 4.94. The fourth-order valence-corrected chi connectivity index (χ4v) is 3.94. The van der Waals surface area contributed by atoms with Crippen molar-refractivity contribution in [3.63, 3.8) is 0 Å². The van der Waals surface area contributed by atoms with Crippen molar-refractivity contribution in [3.05, 3.63) is 76.7 Å². The number of thiophene rings is 1. The van der Waals surface area contributed by atoms with Crippen LogP contribution in [0.1, 0.15) is 20.8 Å². The van der Waals surface area contributed by atoms with Crippen molar-refractivity contribution in [2.24, 2.45) is 0 Å². The zero-order chi connectivity index (χ0) is 16.9. The normalized spacial score (nSPS) is 10.5. The highest BCUT2D eigenvalue weighted by Gasteiger charge is 2.13. The highest BCUT2D eigenvalue weighted by molar-refractivity contribution is 7.16. The Bertz CT molecular complexity index is 840. The van der Waals surface area contributed by atoms with E-state index in [1.807, 2.05) is 37.4 Å². The van der Waals surface area contributed by atoms with E-state index in [4.69, 9.17) is 0 Å². The first-order valence-corrected chi connectivity index (χ1v) is 8.67. The number of hydrogen-bond acceptors (Lipinski definition) is 3. The summed E-state index contributed by atoms with van der Waals surface area (Å²) in [6.45, 7) is 0. The third-order valence-corrected chi connectivity index (χ3v) is 5.25. The van der Waals surface area contributed by atoms with Crippen molar-refractivity contribution in [2.75, 3.05) is 12.4 Å². The van der Waals surface area contributed by atoms with Gasteiger partial charge in [0, 0.05) is 22.5 Å². The molecule has 0 saturated carbocycles. The van der Waals surface area contributed by atoms with Gasteiger partial charge in [-0.2, -0.15) is 0 Å². The first-order chi connectivity index (χ1) is 11.7. The monoisotopic (exact) mass is 337 g/mol. The van der Waals surface area contributed by atoms with Crippen molar-refractivity contribution in [2.45, 2.75) is 12.8 Å². The summed E-state index contributed by atoms with van der Waals surface area (Å²) in [5, 5.41) is 12.6. The van der Waals surface area contributed by atoms with Gasteiger partial charge in [-0.3, -0.25) is 0 Å². The molecule has 3 aromatic rings. The van der Waals surface area contributed by atoms with Gasteiger partial charge in [-0.25, -0.2) is 4.79 Å². The van der Waals surface area contributed by atoms with Crippen molar-refractivity contribution in [3.8, 4) is 10.4 Å². The standard InChI is InChI=1S/C20H19NO2S/c1-21-17-13-19(15-8-3-2-4-9-15)24-18(17)12-11-14-7-5-6-10-16(14)20(22)23/h2-10,13,21H,11-12H2,1H3,(H,22,23). The van der Waals surface area contributed by atoms with E-state index in [1.54, 1.807) is 23.5 Å². The van der Waals surface area contributed by atoms with Crippen LogP contribution in [0, 0.1) is 0 Å². The molecule has 0 bridgehead atoms. The number of hydrogen-bond donors (Lipinski definition) is 2. The van der Waals surface area contributed by atoms with Crippen LogP contribution in [-0.4, -0.2) is 18.1 Å². The molecule has 3 nitrogen and oxygen atoms in total. The van der Waals surface area contributed by atoms with E-state index in [0.29, 0.717) is 12.0 Å². The summed E-state index contributed by atoms with van der Waals surface area (Å²) in [4.78, 5) is 13.8. The second-order valence-corrected chi connectivity index (χ2v) is 6.66. The second-order valence-electron chi connectivity index (χ2n) is 5.53. The van der Waals surface area contributed by atoms with Crippen LogP contribution in [0.25, 0.3) is 10.4 Å². The highest BCUT2D eigenvalue weighted by Crippen LogP contribution is 2.35. The molecule has 0 atom stereocenters. The number of carboxylic acid groups (broad SMARTS) is 1. The van der Waals surface area contributed by atoms with Gasteiger partial charge in [-0.15, -0.1) is 11.3 Å². The minimum absolute atomic E-state index is 0.392. The molecule has 4 heteroatoms. The quantitative estimate of drug-likeness (QED) is 0.670. The van der Waals surface area contributed by atoms with Crippen molar-refractivity contribution in [1.29, 1.82) is 0 Å². The number of aromatic carboxylic acids is 1. The lowest BCUT2D eigenvalue weighted by atomic mass is 10.0. The van der Waals surface area contributed by atoms with Crippen LogP contribution in [0.2, 0.25) is 0 Å². The van der Waals surface area contributed by atoms with Crippen molar-refractivity contribution >= 4 is 23.0 Å². The topological polar surface area (TPSA) is 49.3 Å². The minimum Gasteiger partial charge on any atom is -0.478 e. The number of nitrogens with one attached hydrogen (secondary N) is 1. The maximum atomic E-state index is 11.3. The molecule has 0 saturated heterocycles. The number of benzene rings is 2. The van der Waals surface area contributed by atoms with E-state index in [2.05, 4.69) is 23.5 Å². The summed E-state index contributed by atoms with van der Waals surface area (Å²) in [6, 6.07) is 19.7. The molecule has 0 aliphatic rings. The van der Waals surface area contributed by atoms with Crippen LogP contribution >= 0.6 is 11.3 Å². The van der Waals surface area contributed by atoms with Gasteiger partial charge in [0.2, 0.25) is 0 Å². The molecule has 0 radical (unpaired) electrons. The van der Waals surface area contributed by atoms with Crippen LogP contribution in [0.4, 0.5) is 5.69 Å². The first kappa shape index (κ1) is 16.3. The molecule has 0 unspecified atom stereocenters. The molecule has 1 aromatic heterocycles. The van der Waals surface area contributed by atoms with E-state index >= 15 is 0 Å². The Kier molecular flexibility index (Phi) is 4.96. The Morgan fingerprint density at radius 2 is 1.75 bits per heavy atom. The third-order valence-electron chi connectivity index (χ3n) is 4.01. The van der Waals surface area contributed by atoms with Gasteiger partial charge < -0.3 is 10.4 Å².